The zero-order chi connectivity index (χ0) is 26.6. The van der Waals surface area contributed by atoms with Gasteiger partial charge in [-0.3, -0.25) is 15.0 Å². The van der Waals surface area contributed by atoms with Crippen molar-refractivity contribution < 1.29 is 22.7 Å². The first-order valence-corrected chi connectivity index (χ1v) is 14.0. The Morgan fingerprint density at radius 3 is 2.62 bits per heavy atom. The van der Waals surface area contributed by atoms with Gasteiger partial charge in [-0.15, -0.1) is 0 Å². The van der Waals surface area contributed by atoms with Crippen LogP contribution in [0.25, 0.3) is 10.8 Å². The molecule has 0 aromatic heterocycles. The van der Waals surface area contributed by atoms with Gasteiger partial charge in [0.05, 0.1) is 17.5 Å². The highest BCUT2D eigenvalue weighted by Crippen LogP contribution is 2.24. The fraction of sp³-hybridized carbons (Fsp3) is 0.480. The van der Waals surface area contributed by atoms with Crippen molar-refractivity contribution in [1.29, 1.82) is 5.41 Å². The Morgan fingerprint density at radius 1 is 1.14 bits per heavy atom. The smallest absolute Gasteiger partial charge is 0.241 e. The summed E-state index contributed by atoms with van der Waals surface area (Å²) in [6, 6.07) is 10.9. The summed E-state index contributed by atoms with van der Waals surface area (Å²) in [5.74, 6) is -0.920. The maximum atomic E-state index is 13.2. The number of piperidine rings is 2. The van der Waals surface area contributed by atoms with Crippen LogP contribution >= 0.6 is 0 Å². The van der Waals surface area contributed by atoms with Gasteiger partial charge in [-0.05, 0) is 44.1 Å². The van der Waals surface area contributed by atoms with Crippen molar-refractivity contribution >= 4 is 38.6 Å². The van der Waals surface area contributed by atoms with Gasteiger partial charge in [-0.2, -0.15) is 4.72 Å². The van der Waals surface area contributed by atoms with E-state index >= 15 is 0 Å². The number of fused-ring (bicyclic) bond motifs is 1. The second kappa shape index (κ2) is 11.4. The summed E-state index contributed by atoms with van der Waals surface area (Å²) < 4.78 is 34.8. The summed E-state index contributed by atoms with van der Waals surface area (Å²) in [4.78, 5) is 29.2. The monoisotopic (exact) mass is 530 g/mol. The largest absolute Gasteiger partial charge is 0.370 e. The van der Waals surface area contributed by atoms with E-state index in [1.807, 2.05) is 25.1 Å². The maximum absolute atomic E-state index is 13.2. The third kappa shape index (κ3) is 6.03. The van der Waals surface area contributed by atoms with Crippen LogP contribution in [0.5, 0.6) is 0 Å². The van der Waals surface area contributed by atoms with Crippen molar-refractivity contribution in [2.75, 3.05) is 26.2 Å². The van der Waals surface area contributed by atoms with Crippen molar-refractivity contribution in [2.24, 2.45) is 5.73 Å². The van der Waals surface area contributed by atoms with E-state index in [9.17, 15) is 18.0 Å². The van der Waals surface area contributed by atoms with Gasteiger partial charge in [0, 0.05) is 25.1 Å². The van der Waals surface area contributed by atoms with Crippen LogP contribution in [-0.2, 0) is 24.3 Å². The summed E-state index contributed by atoms with van der Waals surface area (Å²) in [6.45, 7) is 2.95. The molecule has 12 heteroatoms. The van der Waals surface area contributed by atoms with Crippen molar-refractivity contribution in [1.82, 2.24) is 19.8 Å². The standard InChI is InChI=1S/C25H34N6O5S/c1-2-36-24-20(12-7-15-31(24)25(26)27)28-22(32)16-30-14-6-11-19(23(30)33)29-37(34,35)21-13-5-9-17-8-3-4-10-18(17)21/h3-5,8-10,13,19-20,24,29H,2,6-7,11-12,14-16H2,1H3,(H3,26,27)(H,28,32)/t19-,20-,24?/m0/s1. The molecule has 2 aliphatic heterocycles. The number of nitrogens with one attached hydrogen (secondary N) is 3. The van der Waals surface area contributed by atoms with Gasteiger partial charge in [0.1, 0.15) is 6.04 Å². The lowest BCUT2D eigenvalue weighted by atomic mass is 10.0. The number of hydrogen-bond donors (Lipinski definition) is 4. The Bertz CT molecular complexity index is 1260. The fourth-order valence-corrected chi connectivity index (χ4v) is 6.51. The fourth-order valence-electron chi connectivity index (χ4n) is 5.06. The van der Waals surface area contributed by atoms with Crippen LogP contribution in [0.3, 0.4) is 0 Å². The predicted octanol–water partition coefficient (Wildman–Crippen LogP) is 0.946. The number of carbonyl (C=O) groups is 2. The molecule has 0 saturated carbocycles. The number of nitrogens with two attached hydrogens (primary N) is 1. The van der Waals surface area contributed by atoms with Crippen molar-refractivity contribution in [3.05, 3.63) is 42.5 Å². The molecule has 2 amide bonds. The average Bonchev–Trinajstić information content (AvgIpc) is 2.87. The number of ether oxygens (including phenoxy) is 1. The van der Waals surface area contributed by atoms with Crippen molar-refractivity contribution in [3.8, 4) is 0 Å². The van der Waals surface area contributed by atoms with Gasteiger partial charge in [-0.25, -0.2) is 8.42 Å². The number of amides is 2. The first-order chi connectivity index (χ1) is 17.7. The van der Waals surface area contributed by atoms with E-state index in [0.717, 1.165) is 11.8 Å². The van der Waals surface area contributed by atoms with Crippen LogP contribution in [0.2, 0.25) is 0 Å². The van der Waals surface area contributed by atoms with E-state index in [1.54, 1.807) is 23.1 Å². The highest BCUT2D eigenvalue weighted by Gasteiger charge is 2.36. The van der Waals surface area contributed by atoms with Crippen LogP contribution in [0, 0.1) is 5.41 Å². The van der Waals surface area contributed by atoms with Crippen LogP contribution in [0.15, 0.2) is 47.4 Å². The zero-order valence-electron chi connectivity index (χ0n) is 20.9. The molecule has 0 aliphatic carbocycles. The number of benzene rings is 2. The minimum atomic E-state index is -3.97. The Morgan fingerprint density at radius 2 is 1.86 bits per heavy atom. The number of rotatable bonds is 8. The molecule has 200 valence electrons. The normalized spacial score (nSPS) is 22.7. The molecule has 37 heavy (non-hydrogen) atoms. The molecule has 5 N–H and O–H groups in total. The highest BCUT2D eigenvalue weighted by atomic mass is 32.2. The number of carbonyl (C=O) groups excluding carboxylic acids is 2. The van der Waals surface area contributed by atoms with Gasteiger partial charge in [0.2, 0.25) is 21.8 Å². The summed E-state index contributed by atoms with van der Waals surface area (Å²) >= 11 is 0. The number of hydrogen-bond acceptors (Lipinski definition) is 6. The second-order valence-electron chi connectivity index (χ2n) is 9.29. The van der Waals surface area contributed by atoms with E-state index in [2.05, 4.69) is 10.0 Å². The molecule has 2 saturated heterocycles. The van der Waals surface area contributed by atoms with E-state index in [-0.39, 0.29) is 29.3 Å². The van der Waals surface area contributed by atoms with E-state index in [0.29, 0.717) is 44.3 Å². The number of guanidine groups is 1. The summed E-state index contributed by atoms with van der Waals surface area (Å²) in [7, 11) is -3.97. The summed E-state index contributed by atoms with van der Waals surface area (Å²) in [5, 5.41) is 12.1. The van der Waals surface area contributed by atoms with Crippen molar-refractivity contribution in [2.45, 2.75) is 55.8 Å². The lowest BCUT2D eigenvalue weighted by molar-refractivity contribution is -0.140. The Kier molecular flexibility index (Phi) is 8.30. The summed E-state index contributed by atoms with van der Waals surface area (Å²) in [6.07, 6.45) is 1.74. The Balaban J connectivity index is 1.42. The number of likely N-dealkylation sites (tertiary alicyclic amines) is 2. The predicted molar refractivity (Wildman–Crippen MR) is 139 cm³/mol. The van der Waals surface area contributed by atoms with Crippen LogP contribution in [0.1, 0.15) is 32.6 Å². The lowest BCUT2D eigenvalue weighted by Crippen LogP contribution is -2.61. The average molecular weight is 531 g/mol. The van der Waals surface area contributed by atoms with Gasteiger partial charge in [0.25, 0.3) is 0 Å². The third-order valence-electron chi connectivity index (χ3n) is 6.76. The maximum Gasteiger partial charge on any atom is 0.241 e. The molecule has 11 nitrogen and oxygen atoms in total. The Labute approximate surface area is 216 Å². The lowest BCUT2D eigenvalue weighted by Gasteiger charge is -2.41. The molecule has 4 rings (SSSR count). The minimum absolute atomic E-state index is 0.113. The number of nitrogens with zero attached hydrogens (tertiary/aromatic N) is 2. The minimum Gasteiger partial charge on any atom is -0.370 e. The second-order valence-corrected chi connectivity index (χ2v) is 11.0. The Hall–Kier alpha value is -3.22. The molecule has 2 aromatic rings. The van der Waals surface area contributed by atoms with Gasteiger partial charge >= 0.3 is 0 Å². The number of sulfonamides is 1. The molecule has 0 bridgehead atoms. The molecular weight excluding hydrogens is 496 g/mol. The first kappa shape index (κ1) is 26.8. The van der Waals surface area contributed by atoms with Gasteiger partial charge in [-0.1, -0.05) is 36.4 Å². The van der Waals surface area contributed by atoms with Crippen LogP contribution in [-0.4, -0.2) is 80.5 Å². The van der Waals surface area contributed by atoms with Gasteiger partial charge in [0.15, 0.2) is 12.2 Å². The molecule has 2 aromatic carbocycles. The van der Waals surface area contributed by atoms with Crippen LogP contribution < -0.4 is 15.8 Å². The summed E-state index contributed by atoms with van der Waals surface area (Å²) in [5.41, 5.74) is 5.69. The quantitative estimate of drug-likeness (QED) is 0.292. The zero-order valence-corrected chi connectivity index (χ0v) is 21.7. The molecule has 2 heterocycles. The van der Waals surface area contributed by atoms with Crippen LogP contribution in [0.4, 0.5) is 0 Å². The topological polar surface area (TPSA) is 158 Å². The highest BCUT2D eigenvalue weighted by molar-refractivity contribution is 7.89. The molecule has 0 spiro atoms. The van der Waals surface area contributed by atoms with Gasteiger partial charge < -0.3 is 25.6 Å². The van der Waals surface area contributed by atoms with Crippen molar-refractivity contribution in [3.63, 3.8) is 0 Å². The first-order valence-electron chi connectivity index (χ1n) is 12.5. The van der Waals surface area contributed by atoms with E-state index < -0.39 is 28.2 Å². The molecular formula is C25H34N6O5S. The molecule has 2 aliphatic rings. The SMILES string of the molecule is CCOC1[C@@H](NC(=O)CN2CCC[C@H](NS(=O)(=O)c3cccc4ccccc34)C2=O)CCCN1C(=N)N. The molecule has 2 fully saturated rings. The molecule has 0 radical (unpaired) electrons. The molecule has 1 unspecified atom stereocenters. The van der Waals surface area contributed by atoms with E-state index in [4.69, 9.17) is 15.9 Å². The van der Waals surface area contributed by atoms with E-state index in [1.165, 1.54) is 11.0 Å². The third-order valence-corrected chi connectivity index (χ3v) is 8.29. The molecule has 3 atom stereocenters.